The smallest absolute Gasteiger partial charge is 0.124 e. The predicted octanol–water partition coefficient (Wildman–Crippen LogP) is 2.80. The lowest BCUT2D eigenvalue weighted by Gasteiger charge is -2.16. The highest BCUT2D eigenvalue weighted by Crippen LogP contribution is 2.14. The number of rotatable bonds is 5. The average molecular weight is 277 g/mol. The molecule has 0 atom stereocenters. The van der Waals surface area contributed by atoms with Crippen LogP contribution in [0.4, 0.5) is 4.39 Å². The minimum atomic E-state index is -0.355. The number of benzene rings is 1. The monoisotopic (exact) mass is 277 g/mol. The van der Waals surface area contributed by atoms with Crippen molar-refractivity contribution in [3.8, 4) is 0 Å². The number of nitrogens with one attached hydrogen (secondary N) is 1. The molecule has 2 rings (SSSR count). The van der Waals surface area contributed by atoms with E-state index in [1.54, 1.807) is 17.4 Å². The molecule has 0 spiro atoms. The van der Waals surface area contributed by atoms with E-state index in [1.807, 2.05) is 12.4 Å². The summed E-state index contributed by atoms with van der Waals surface area (Å²) in [5.41, 5.74) is 7.89. The van der Waals surface area contributed by atoms with Crippen LogP contribution in [0.5, 0.6) is 0 Å². The van der Waals surface area contributed by atoms with Crippen molar-refractivity contribution in [3.05, 3.63) is 57.5 Å². The molecule has 0 saturated carbocycles. The van der Waals surface area contributed by atoms with Crippen molar-refractivity contribution in [2.75, 3.05) is 7.05 Å². The van der Waals surface area contributed by atoms with E-state index in [1.165, 1.54) is 17.7 Å². The Hall–Kier alpha value is -1.72. The minimum Gasteiger partial charge on any atom is -0.384 e. The van der Waals surface area contributed by atoms with Crippen LogP contribution in [0.2, 0.25) is 0 Å². The third kappa shape index (κ3) is 3.87. The molecule has 5 heteroatoms. The fourth-order valence-corrected chi connectivity index (χ4v) is 2.62. The zero-order valence-corrected chi connectivity index (χ0v) is 11.5. The zero-order valence-electron chi connectivity index (χ0n) is 10.7. The Bertz CT molecular complexity index is 566. The number of nitrogens with zero attached hydrogens (tertiary/aromatic N) is 1. The fraction of sp³-hybridized carbons (Fsp3) is 0.214. The molecular formula is C14H16FN3S. The van der Waals surface area contributed by atoms with Gasteiger partial charge in [-0.2, -0.15) is 11.3 Å². The second-order valence-electron chi connectivity index (χ2n) is 4.57. The molecule has 0 amide bonds. The summed E-state index contributed by atoms with van der Waals surface area (Å²) in [6, 6.07) is 6.60. The summed E-state index contributed by atoms with van der Waals surface area (Å²) in [5, 5.41) is 11.5. The van der Waals surface area contributed by atoms with E-state index in [-0.39, 0.29) is 11.7 Å². The number of nitrogen functional groups attached to an aromatic ring is 1. The van der Waals surface area contributed by atoms with Gasteiger partial charge in [-0.3, -0.25) is 10.3 Å². The summed E-state index contributed by atoms with van der Waals surface area (Å²) < 4.78 is 13.4. The highest BCUT2D eigenvalue weighted by atomic mass is 32.1. The Balaban J connectivity index is 2.08. The van der Waals surface area contributed by atoms with Crippen molar-refractivity contribution in [1.82, 2.24) is 4.90 Å². The van der Waals surface area contributed by atoms with Gasteiger partial charge in [-0.1, -0.05) is 0 Å². The summed E-state index contributed by atoms with van der Waals surface area (Å²) >= 11 is 1.67. The summed E-state index contributed by atoms with van der Waals surface area (Å²) in [6.45, 7) is 1.43. The van der Waals surface area contributed by atoms with Crippen LogP contribution in [0.3, 0.4) is 0 Å². The van der Waals surface area contributed by atoms with E-state index in [0.717, 1.165) is 12.1 Å². The molecule has 1 aromatic carbocycles. The van der Waals surface area contributed by atoms with E-state index in [0.29, 0.717) is 12.1 Å². The lowest BCUT2D eigenvalue weighted by Crippen LogP contribution is -2.18. The van der Waals surface area contributed by atoms with Gasteiger partial charge in [0.25, 0.3) is 0 Å². The Labute approximate surface area is 116 Å². The van der Waals surface area contributed by atoms with Crippen LogP contribution in [-0.2, 0) is 13.1 Å². The number of thiophene rings is 1. The molecule has 19 heavy (non-hydrogen) atoms. The first kappa shape index (κ1) is 13.7. The topological polar surface area (TPSA) is 53.1 Å². The van der Waals surface area contributed by atoms with E-state index in [4.69, 9.17) is 11.1 Å². The number of nitrogens with two attached hydrogens (primary N) is 1. The molecule has 0 radical (unpaired) electrons. The molecule has 0 unspecified atom stereocenters. The molecule has 1 aromatic heterocycles. The molecule has 0 aliphatic rings. The van der Waals surface area contributed by atoms with E-state index in [9.17, 15) is 4.39 Å². The first-order chi connectivity index (χ1) is 9.04. The quantitative estimate of drug-likeness (QED) is 0.652. The van der Waals surface area contributed by atoms with Crippen molar-refractivity contribution in [1.29, 1.82) is 5.41 Å². The van der Waals surface area contributed by atoms with E-state index < -0.39 is 0 Å². The molecule has 100 valence electrons. The Morgan fingerprint density at radius 2 is 2.05 bits per heavy atom. The molecule has 0 aliphatic heterocycles. The molecule has 0 saturated heterocycles. The Kier molecular flexibility index (Phi) is 4.29. The second-order valence-corrected chi connectivity index (χ2v) is 5.35. The van der Waals surface area contributed by atoms with Crippen LogP contribution in [-0.4, -0.2) is 17.8 Å². The molecule has 1 heterocycles. The number of halogens is 1. The van der Waals surface area contributed by atoms with Crippen LogP contribution in [0.1, 0.15) is 16.7 Å². The maximum absolute atomic E-state index is 13.4. The largest absolute Gasteiger partial charge is 0.384 e. The van der Waals surface area contributed by atoms with Gasteiger partial charge in [-0.25, -0.2) is 4.39 Å². The van der Waals surface area contributed by atoms with Gasteiger partial charge in [0.1, 0.15) is 11.7 Å². The lowest BCUT2D eigenvalue weighted by atomic mass is 10.1. The molecule has 3 nitrogen and oxygen atoms in total. The summed E-state index contributed by atoms with van der Waals surface area (Å²) in [5.74, 6) is -0.465. The molecule has 3 N–H and O–H groups in total. The minimum absolute atomic E-state index is 0.110. The van der Waals surface area contributed by atoms with E-state index >= 15 is 0 Å². The van der Waals surface area contributed by atoms with Crippen LogP contribution >= 0.6 is 11.3 Å². The Morgan fingerprint density at radius 1 is 1.32 bits per heavy atom. The molecule has 2 aromatic rings. The highest BCUT2D eigenvalue weighted by Gasteiger charge is 2.06. The number of amidine groups is 1. The maximum Gasteiger partial charge on any atom is 0.124 e. The molecular weight excluding hydrogens is 261 g/mol. The fourth-order valence-electron chi connectivity index (χ4n) is 1.96. The number of hydrogen-bond donors (Lipinski definition) is 2. The first-order valence-electron chi connectivity index (χ1n) is 5.88. The highest BCUT2D eigenvalue weighted by molar-refractivity contribution is 7.07. The SMILES string of the molecule is CN(Cc1ccsc1)Cc1cc(F)cc(C(=N)N)c1. The van der Waals surface area contributed by atoms with Gasteiger partial charge in [-0.05, 0) is 53.2 Å². The van der Waals surface area contributed by atoms with Crippen molar-refractivity contribution in [2.45, 2.75) is 13.1 Å². The van der Waals surface area contributed by atoms with Gasteiger partial charge in [-0.15, -0.1) is 0 Å². The van der Waals surface area contributed by atoms with Crippen LogP contribution in [0.25, 0.3) is 0 Å². The second kappa shape index (κ2) is 5.95. The van der Waals surface area contributed by atoms with Crippen molar-refractivity contribution in [2.24, 2.45) is 5.73 Å². The van der Waals surface area contributed by atoms with Crippen molar-refractivity contribution in [3.63, 3.8) is 0 Å². The van der Waals surface area contributed by atoms with Gasteiger partial charge < -0.3 is 5.73 Å². The third-order valence-corrected chi connectivity index (χ3v) is 3.49. The van der Waals surface area contributed by atoms with Gasteiger partial charge in [0.2, 0.25) is 0 Å². The van der Waals surface area contributed by atoms with Crippen LogP contribution in [0.15, 0.2) is 35.0 Å². The predicted molar refractivity (Wildman–Crippen MR) is 76.9 cm³/mol. The van der Waals surface area contributed by atoms with Gasteiger partial charge >= 0.3 is 0 Å². The molecule has 0 aliphatic carbocycles. The van der Waals surface area contributed by atoms with Gasteiger partial charge in [0, 0.05) is 18.7 Å². The maximum atomic E-state index is 13.4. The molecule has 0 fully saturated rings. The van der Waals surface area contributed by atoms with E-state index in [2.05, 4.69) is 16.3 Å². The van der Waals surface area contributed by atoms with Gasteiger partial charge in [0.05, 0.1) is 0 Å². The normalized spacial score (nSPS) is 10.9. The first-order valence-corrected chi connectivity index (χ1v) is 6.82. The van der Waals surface area contributed by atoms with Crippen molar-refractivity contribution < 1.29 is 4.39 Å². The number of hydrogen-bond acceptors (Lipinski definition) is 3. The van der Waals surface area contributed by atoms with Crippen LogP contribution < -0.4 is 5.73 Å². The zero-order chi connectivity index (χ0) is 13.8. The standard InChI is InChI=1S/C14H16FN3S/c1-18(7-10-2-3-19-9-10)8-11-4-12(14(16)17)6-13(15)5-11/h2-6,9H,7-8H2,1H3,(H3,16,17). The molecule has 0 bridgehead atoms. The average Bonchev–Trinajstić information content (AvgIpc) is 2.80. The Morgan fingerprint density at radius 3 is 2.68 bits per heavy atom. The summed E-state index contributed by atoms with van der Waals surface area (Å²) in [7, 11) is 1.98. The van der Waals surface area contributed by atoms with Crippen molar-refractivity contribution >= 4 is 17.2 Å². The van der Waals surface area contributed by atoms with Gasteiger partial charge in [0.15, 0.2) is 0 Å². The third-order valence-electron chi connectivity index (χ3n) is 2.75. The summed E-state index contributed by atoms with van der Waals surface area (Å²) in [4.78, 5) is 2.10. The lowest BCUT2D eigenvalue weighted by molar-refractivity contribution is 0.319. The summed E-state index contributed by atoms with van der Waals surface area (Å²) in [6.07, 6.45) is 0. The van der Waals surface area contributed by atoms with Crippen LogP contribution in [0, 0.1) is 11.2 Å².